The Balaban J connectivity index is 1.54. The van der Waals surface area contributed by atoms with Crippen LogP contribution in [0.25, 0.3) is 0 Å². The first-order valence-corrected chi connectivity index (χ1v) is 6.90. The number of hydrogen-bond donors (Lipinski definition) is 2. The fourth-order valence-electron chi connectivity index (χ4n) is 2.81. The number of para-hydroxylation sites is 1. The predicted octanol–water partition coefficient (Wildman–Crippen LogP) is 0.413. The molecule has 1 atom stereocenters. The highest BCUT2D eigenvalue weighted by atomic mass is 15.3. The third-order valence-electron chi connectivity index (χ3n) is 3.91. The molecule has 3 fully saturated rings. The summed E-state index contributed by atoms with van der Waals surface area (Å²) < 4.78 is 0. The number of aliphatic imine (C=N–C) groups is 1. The van der Waals surface area contributed by atoms with E-state index >= 15 is 0 Å². The van der Waals surface area contributed by atoms with E-state index in [0.717, 1.165) is 18.8 Å². The van der Waals surface area contributed by atoms with Crippen molar-refractivity contribution in [3.8, 4) is 0 Å². The first-order chi connectivity index (χ1) is 9.31. The molecule has 2 bridgehead atoms. The van der Waals surface area contributed by atoms with Crippen molar-refractivity contribution in [3.05, 3.63) is 30.3 Å². The number of guanidine groups is 1. The number of fused-ring (bicyclic) bond motifs is 3. The van der Waals surface area contributed by atoms with E-state index in [1.165, 1.54) is 26.2 Å². The summed E-state index contributed by atoms with van der Waals surface area (Å²) in [6, 6.07) is 10.4. The van der Waals surface area contributed by atoms with Crippen molar-refractivity contribution >= 4 is 11.6 Å². The second kappa shape index (κ2) is 5.59. The van der Waals surface area contributed by atoms with Crippen LogP contribution in [0.1, 0.15) is 0 Å². The lowest BCUT2D eigenvalue weighted by Gasteiger charge is -2.47. The molecular weight excluding hydrogens is 238 g/mol. The van der Waals surface area contributed by atoms with Gasteiger partial charge in [0.15, 0.2) is 5.96 Å². The Kier molecular flexibility index (Phi) is 3.66. The van der Waals surface area contributed by atoms with Crippen molar-refractivity contribution in [1.29, 1.82) is 0 Å². The molecule has 0 aromatic heterocycles. The van der Waals surface area contributed by atoms with Crippen molar-refractivity contribution in [2.45, 2.75) is 6.04 Å². The second-order valence-electron chi connectivity index (χ2n) is 5.21. The number of rotatable bonds is 3. The summed E-state index contributed by atoms with van der Waals surface area (Å²) in [5.41, 5.74) is 6.91. The lowest BCUT2D eigenvalue weighted by molar-refractivity contribution is 0.0174. The fourth-order valence-corrected chi connectivity index (χ4v) is 2.81. The summed E-state index contributed by atoms with van der Waals surface area (Å²) >= 11 is 0. The number of benzene rings is 1. The minimum Gasteiger partial charge on any atom is -0.370 e. The van der Waals surface area contributed by atoms with Crippen LogP contribution in [0.4, 0.5) is 5.69 Å². The minimum absolute atomic E-state index is 0.504. The summed E-state index contributed by atoms with van der Waals surface area (Å²) in [4.78, 5) is 9.52. The van der Waals surface area contributed by atoms with Gasteiger partial charge in [-0.05, 0) is 12.1 Å². The molecule has 0 aliphatic carbocycles. The quantitative estimate of drug-likeness (QED) is 0.610. The third-order valence-corrected chi connectivity index (χ3v) is 3.91. The molecule has 0 radical (unpaired) electrons. The number of nitrogens with one attached hydrogen (secondary N) is 1. The number of anilines is 1. The highest BCUT2D eigenvalue weighted by molar-refractivity contribution is 5.92. The van der Waals surface area contributed by atoms with Gasteiger partial charge in [0.25, 0.3) is 0 Å². The van der Waals surface area contributed by atoms with Gasteiger partial charge in [0.1, 0.15) is 0 Å². The topological polar surface area (TPSA) is 56.9 Å². The van der Waals surface area contributed by atoms with Crippen molar-refractivity contribution < 1.29 is 0 Å². The summed E-state index contributed by atoms with van der Waals surface area (Å²) in [6.45, 7) is 6.67. The van der Waals surface area contributed by atoms with Crippen LogP contribution in [0.3, 0.4) is 0 Å². The molecular formula is C14H21N5. The highest BCUT2D eigenvalue weighted by Gasteiger charge is 2.31. The Morgan fingerprint density at radius 2 is 1.95 bits per heavy atom. The highest BCUT2D eigenvalue weighted by Crippen LogP contribution is 2.15. The van der Waals surface area contributed by atoms with Crippen LogP contribution in [0, 0.1) is 0 Å². The molecule has 3 N–H and O–H groups in total. The van der Waals surface area contributed by atoms with Crippen LogP contribution in [-0.2, 0) is 0 Å². The molecule has 5 heteroatoms. The average molecular weight is 259 g/mol. The molecule has 3 saturated heterocycles. The zero-order valence-electron chi connectivity index (χ0n) is 11.1. The zero-order chi connectivity index (χ0) is 13.1. The van der Waals surface area contributed by atoms with Crippen LogP contribution < -0.4 is 11.1 Å². The Labute approximate surface area is 114 Å². The van der Waals surface area contributed by atoms with Gasteiger partial charge in [0, 0.05) is 44.5 Å². The van der Waals surface area contributed by atoms with E-state index in [1.54, 1.807) is 0 Å². The SMILES string of the molecule is NC(=NCC1CN2CCN1CC2)Nc1ccccc1. The van der Waals surface area contributed by atoms with Gasteiger partial charge < -0.3 is 11.1 Å². The molecule has 3 aliphatic heterocycles. The van der Waals surface area contributed by atoms with Gasteiger partial charge >= 0.3 is 0 Å². The van der Waals surface area contributed by atoms with E-state index in [4.69, 9.17) is 5.73 Å². The first-order valence-electron chi connectivity index (χ1n) is 6.90. The molecule has 3 heterocycles. The van der Waals surface area contributed by atoms with Gasteiger partial charge in [-0.3, -0.25) is 14.8 Å². The maximum Gasteiger partial charge on any atom is 0.193 e. The van der Waals surface area contributed by atoms with Crippen molar-refractivity contribution in [1.82, 2.24) is 9.80 Å². The van der Waals surface area contributed by atoms with E-state index in [-0.39, 0.29) is 0 Å². The standard InChI is InChI=1S/C14H21N5/c15-14(17-12-4-2-1-3-5-12)16-10-13-11-18-6-8-19(13)9-7-18/h1-5,13H,6-11H2,(H3,15,16,17). The number of hydrogen-bond acceptors (Lipinski definition) is 3. The molecule has 5 nitrogen and oxygen atoms in total. The molecule has 102 valence electrons. The predicted molar refractivity (Wildman–Crippen MR) is 78.4 cm³/mol. The van der Waals surface area contributed by atoms with Gasteiger partial charge in [-0.15, -0.1) is 0 Å². The van der Waals surface area contributed by atoms with Gasteiger partial charge in [0.05, 0.1) is 6.54 Å². The van der Waals surface area contributed by atoms with Crippen LogP contribution in [0.2, 0.25) is 0 Å². The van der Waals surface area contributed by atoms with E-state index in [0.29, 0.717) is 12.0 Å². The Hall–Kier alpha value is -1.59. The van der Waals surface area contributed by atoms with Crippen LogP contribution >= 0.6 is 0 Å². The molecule has 1 aromatic carbocycles. The summed E-state index contributed by atoms with van der Waals surface area (Å²) in [7, 11) is 0. The molecule has 19 heavy (non-hydrogen) atoms. The van der Waals surface area contributed by atoms with Gasteiger partial charge in [0.2, 0.25) is 0 Å². The fraction of sp³-hybridized carbons (Fsp3) is 0.500. The number of piperazine rings is 3. The van der Waals surface area contributed by atoms with E-state index in [2.05, 4.69) is 20.1 Å². The summed E-state index contributed by atoms with van der Waals surface area (Å²) in [6.07, 6.45) is 0. The van der Waals surface area contributed by atoms with Crippen LogP contribution in [0.15, 0.2) is 35.3 Å². The Morgan fingerprint density at radius 1 is 1.21 bits per heavy atom. The average Bonchev–Trinajstić information content (AvgIpc) is 2.47. The monoisotopic (exact) mass is 259 g/mol. The Bertz CT molecular complexity index is 436. The van der Waals surface area contributed by atoms with Crippen molar-refractivity contribution in [3.63, 3.8) is 0 Å². The van der Waals surface area contributed by atoms with E-state index in [9.17, 15) is 0 Å². The maximum absolute atomic E-state index is 5.93. The largest absolute Gasteiger partial charge is 0.370 e. The van der Waals surface area contributed by atoms with Crippen LogP contribution in [0.5, 0.6) is 0 Å². The van der Waals surface area contributed by atoms with E-state index in [1.807, 2.05) is 30.3 Å². The zero-order valence-corrected chi connectivity index (χ0v) is 11.1. The first kappa shape index (κ1) is 12.4. The normalized spacial score (nSPS) is 30.3. The third kappa shape index (κ3) is 3.05. The van der Waals surface area contributed by atoms with Gasteiger partial charge in [-0.25, -0.2) is 0 Å². The van der Waals surface area contributed by atoms with Crippen LogP contribution in [-0.4, -0.2) is 61.1 Å². The lowest BCUT2D eigenvalue weighted by atomic mass is 10.1. The molecule has 1 aromatic rings. The van der Waals surface area contributed by atoms with Crippen molar-refractivity contribution in [2.75, 3.05) is 44.6 Å². The summed E-state index contributed by atoms with van der Waals surface area (Å²) in [5.74, 6) is 0.504. The molecule has 3 aliphatic rings. The lowest BCUT2D eigenvalue weighted by Crippen LogP contribution is -2.61. The molecule has 1 unspecified atom stereocenters. The number of nitrogens with two attached hydrogens (primary N) is 1. The van der Waals surface area contributed by atoms with E-state index < -0.39 is 0 Å². The molecule has 4 rings (SSSR count). The molecule has 0 saturated carbocycles. The molecule has 0 amide bonds. The van der Waals surface area contributed by atoms with Crippen molar-refractivity contribution in [2.24, 2.45) is 10.7 Å². The smallest absolute Gasteiger partial charge is 0.193 e. The summed E-state index contributed by atoms with van der Waals surface area (Å²) in [5, 5.41) is 3.12. The van der Waals surface area contributed by atoms with Gasteiger partial charge in [-0.1, -0.05) is 18.2 Å². The second-order valence-corrected chi connectivity index (χ2v) is 5.21. The Morgan fingerprint density at radius 3 is 2.58 bits per heavy atom. The minimum atomic E-state index is 0.504. The molecule has 0 spiro atoms. The number of nitrogens with zero attached hydrogens (tertiary/aromatic N) is 3. The van der Waals surface area contributed by atoms with Gasteiger partial charge in [-0.2, -0.15) is 0 Å². The maximum atomic E-state index is 5.93.